The van der Waals surface area contributed by atoms with E-state index in [0.717, 1.165) is 10.3 Å². The summed E-state index contributed by atoms with van der Waals surface area (Å²) >= 11 is 0. The number of aromatic amines is 1. The summed E-state index contributed by atoms with van der Waals surface area (Å²) in [4.78, 5) is 15.9. The van der Waals surface area contributed by atoms with Crippen molar-refractivity contribution in [2.24, 2.45) is 0 Å². The Kier molecular flexibility index (Phi) is 3.08. The zero-order valence-corrected chi connectivity index (χ0v) is 9.28. The molecule has 5 heteroatoms. The number of halogens is 2. The minimum absolute atomic E-state index is 0.404. The second-order valence-corrected chi connectivity index (χ2v) is 3.82. The Hall–Kier alpha value is -1.91. The van der Waals surface area contributed by atoms with Crippen LogP contribution in [-0.4, -0.2) is 35.8 Å². The van der Waals surface area contributed by atoms with E-state index in [4.69, 9.17) is 0 Å². The topological polar surface area (TPSA) is 36.1 Å². The summed E-state index contributed by atoms with van der Waals surface area (Å²) in [5.41, 5.74) is 1.09. The first-order valence-corrected chi connectivity index (χ1v) is 5.19. The van der Waals surface area contributed by atoms with Crippen molar-refractivity contribution in [2.45, 2.75) is 6.43 Å². The number of rotatable bonds is 3. The summed E-state index contributed by atoms with van der Waals surface area (Å²) in [7, 11) is 1.37. The van der Waals surface area contributed by atoms with Crippen molar-refractivity contribution in [2.75, 3.05) is 13.6 Å². The Morgan fingerprint density at radius 1 is 1.41 bits per heavy atom. The monoisotopic (exact) mass is 238 g/mol. The van der Waals surface area contributed by atoms with Crippen molar-refractivity contribution in [1.29, 1.82) is 0 Å². The van der Waals surface area contributed by atoms with Crippen LogP contribution in [-0.2, 0) is 0 Å². The molecule has 3 nitrogen and oxygen atoms in total. The molecule has 90 valence electrons. The summed E-state index contributed by atoms with van der Waals surface area (Å²) in [6, 6.07) is 7.05. The van der Waals surface area contributed by atoms with E-state index < -0.39 is 18.9 Å². The molecule has 1 aromatic heterocycles. The fourth-order valence-corrected chi connectivity index (χ4v) is 1.76. The molecule has 2 aromatic rings. The molecule has 0 spiro atoms. The summed E-state index contributed by atoms with van der Waals surface area (Å²) < 4.78 is 24.4. The van der Waals surface area contributed by atoms with Crippen molar-refractivity contribution >= 4 is 16.8 Å². The zero-order valence-electron chi connectivity index (χ0n) is 9.28. The minimum Gasteiger partial charge on any atom is -0.361 e. The second kappa shape index (κ2) is 4.53. The van der Waals surface area contributed by atoms with Gasteiger partial charge in [-0.3, -0.25) is 4.79 Å². The Morgan fingerprint density at radius 3 is 2.88 bits per heavy atom. The Morgan fingerprint density at radius 2 is 2.18 bits per heavy atom. The second-order valence-electron chi connectivity index (χ2n) is 3.82. The number of hydrogen-bond donors (Lipinski definition) is 1. The highest BCUT2D eigenvalue weighted by atomic mass is 19.3. The molecule has 0 atom stereocenters. The van der Waals surface area contributed by atoms with Crippen LogP contribution in [0.5, 0.6) is 0 Å². The van der Waals surface area contributed by atoms with E-state index in [2.05, 4.69) is 4.98 Å². The molecule has 0 unspecified atom stereocenters. The number of para-hydroxylation sites is 1. The smallest absolute Gasteiger partial charge is 0.255 e. The van der Waals surface area contributed by atoms with Crippen LogP contribution in [0.15, 0.2) is 30.5 Å². The molecule has 0 saturated heterocycles. The van der Waals surface area contributed by atoms with Gasteiger partial charge in [-0.2, -0.15) is 0 Å². The standard InChI is InChI=1S/C12H12F2N2O/c1-16(7-10(13)14)12(17)9-4-2-3-8-5-6-15-11(8)9/h2-6,10,15H,7H2,1H3. The number of hydrogen-bond acceptors (Lipinski definition) is 1. The van der Waals surface area contributed by atoms with Crippen molar-refractivity contribution in [3.05, 3.63) is 36.0 Å². The molecule has 0 radical (unpaired) electrons. The van der Waals surface area contributed by atoms with Gasteiger partial charge in [0.15, 0.2) is 0 Å². The van der Waals surface area contributed by atoms with Gasteiger partial charge in [-0.15, -0.1) is 0 Å². The maximum Gasteiger partial charge on any atom is 0.255 e. The fourth-order valence-electron chi connectivity index (χ4n) is 1.76. The first-order chi connectivity index (χ1) is 8.09. The number of benzene rings is 1. The quantitative estimate of drug-likeness (QED) is 0.876. The molecule has 0 aliphatic rings. The van der Waals surface area contributed by atoms with Crippen LogP contribution in [0.3, 0.4) is 0 Å². The lowest BCUT2D eigenvalue weighted by Gasteiger charge is -2.16. The minimum atomic E-state index is -2.52. The molecule has 1 aromatic carbocycles. The number of alkyl halides is 2. The lowest BCUT2D eigenvalue weighted by molar-refractivity contribution is 0.0622. The van der Waals surface area contributed by atoms with Gasteiger partial charge in [-0.05, 0) is 12.1 Å². The average molecular weight is 238 g/mol. The third-order valence-corrected chi connectivity index (χ3v) is 2.58. The number of nitrogens with one attached hydrogen (secondary N) is 1. The number of nitrogens with zero attached hydrogens (tertiary/aromatic N) is 1. The maximum absolute atomic E-state index is 12.2. The van der Waals surface area contributed by atoms with Gasteiger partial charge in [0.05, 0.1) is 17.6 Å². The maximum atomic E-state index is 12.2. The van der Waals surface area contributed by atoms with Gasteiger partial charge >= 0.3 is 0 Å². The van der Waals surface area contributed by atoms with E-state index >= 15 is 0 Å². The number of carbonyl (C=O) groups is 1. The zero-order chi connectivity index (χ0) is 12.4. The predicted molar refractivity (Wildman–Crippen MR) is 61.3 cm³/mol. The van der Waals surface area contributed by atoms with Crippen molar-refractivity contribution in [1.82, 2.24) is 9.88 Å². The lowest BCUT2D eigenvalue weighted by atomic mass is 10.1. The first kappa shape index (κ1) is 11.6. The van der Waals surface area contributed by atoms with Crippen LogP contribution < -0.4 is 0 Å². The van der Waals surface area contributed by atoms with Crippen LogP contribution in [0.4, 0.5) is 8.78 Å². The summed E-state index contributed by atoms with van der Waals surface area (Å²) in [5.74, 6) is -0.404. The number of amides is 1. The van der Waals surface area contributed by atoms with E-state index in [9.17, 15) is 13.6 Å². The fraction of sp³-hybridized carbons (Fsp3) is 0.250. The van der Waals surface area contributed by atoms with E-state index in [1.54, 1.807) is 18.3 Å². The van der Waals surface area contributed by atoms with E-state index in [1.165, 1.54) is 7.05 Å². The van der Waals surface area contributed by atoms with Gasteiger partial charge in [0, 0.05) is 18.6 Å². The van der Waals surface area contributed by atoms with Gasteiger partial charge in [0.2, 0.25) is 0 Å². The average Bonchev–Trinajstić information content (AvgIpc) is 2.74. The number of carbonyl (C=O) groups excluding carboxylic acids is 1. The van der Waals surface area contributed by atoms with Gasteiger partial charge in [-0.25, -0.2) is 8.78 Å². The molecular weight excluding hydrogens is 226 g/mol. The molecule has 1 heterocycles. The molecular formula is C12H12F2N2O. The van der Waals surface area contributed by atoms with E-state index in [0.29, 0.717) is 11.1 Å². The number of aromatic nitrogens is 1. The predicted octanol–water partition coefficient (Wildman–Crippen LogP) is 2.50. The SMILES string of the molecule is CN(CC(F)F)C(=O)c1cccc2cc[nH]c12. The molecule has 17 heavy (non-hydrogen) atoms. The summed E-state index contributed by atoms with van der Waals surface area (Å²) in [5, 5.41) is 0.890. The highest BCUT2D eigenvalue weighted by molar-refractivity contribution is 6.05. The van der Waals surface area contributed by atoms with Crippen LogP contribution in [0.1, 0.15) is 10.4 Å². The third kappa shape index (κ3) is 2.27. The molecule has 0 aliphatic heterocycles. The van der Waals surface area contributed by atoms with Gasteiger partial charge < -0.3 is 9.88 Å². The molecule has 0 bridgehead atoms. The Bertz CT molecular complexity index is 536. The largest absolute Gasteiger partial charge is 0.361 e. The van der Waals surface area contributed by atoms with Crippen LogP contribution in [0, 0.1) is 0 Å². The molecule has 2 rings (SSSR count). The molecule has 0 fully saturated rings. The van der Waals surface area contributed by atoms with Crippen LogP contribution in [0.2, 0.25) is 0 Å². The highest BCUT2D eigenvalue weighted by Crippen LogP contribution is 2.18. The number of fused-ring (bicyclic) bond motifs is 1. The Balaban J connectivity index is 2.33. The molecule has 0 aliphatic carbocycles. The van der Waals surface area contributed by atoms with E-state index in [-0.39, 0.29) is 0 Å². The third-order valence-electron chi connectivity index (χ3n) is 2.58. The first-order valence-electron chi connectivity index (χ1n) is 5.19. The van der Waals surface area contributed by atoms with Crippen LogP contribution in [0.25, 0.3) is 10.9 Å². The Labute approximate surface area is 97.0 Å². The normalized spacial score (nSPS) is 11.1. The summed E-state index contributed by atoms with van der Waals surface area (Å²) in [6.07, 6.45) is -0.805. The summed E-state index contributed by atoms with van der Waals surface area (Å²) in [6.45, 7) is -0.560. The molecule has 0 saturated carbocycles. The molecule has 1 N–H and O–H groups in total. The lowest BCUT2D eigenvalue weighted by Crippen LogP contribution is -2.31. The molecule has 1 amide bonds. The van der Waals surface area contributed by atoms with Crippen molar-refractivity contribution in [3.8, 4) is 0 Å². The highest BCUT2D eigenvalue weighted by Gasteiger charge is 2.18. The van der Waals surface area contributed by atoms with Crippen LogP contribution >= 0.6 is 0 Å². The van der Waals surface area contributed by atoms with E-state index in [1.807, 2.05) is 12.1 Å². The number of H-pyrrole nitrogens is 1. The van der Waals surface area contributed by atoms with Gasteiger partial charge in [0.25, 0.3) is 12.3 Å². The van der Waals surface area contributed by atoms with Crippen molar-refractivity contribution < 1.29 is 13.6 Å². The van der Waals surface area contributed by atoms with Gasteiger partial charge in [0.1, 0.15) is 0 Å². The van der Waals surface area contributed by atoms with Gasteiger partial charge in [-0.1, -0.05) is 12.1 Å². The van der Waals surface area contributed by atoms with Crippen molar-refractivity contribution in [3.63, 3.8) is 0 Å².